The van der Waals surface area contributed by atoms with Gasteiger partial charge in [-0.1, -0.05) is 36.8 Å². The Morgan fingerprint density at radius 3 is 2.53 bits per heavy atom. The second-order valence-corrected chi connectivity index (χ2v) is 7.98. The van der Waals surface area contributed by atoms with Gasteiger partial charge in [-0.05, 0) is 31.0 Å². The predicted octanol–water partition coefficient (Wildman–Crippen LogP) is 3.72. The summed E-state index contributed by atoms with van der Waals surface area (Å²) in [7, 11) is 0. The van der Waals surface area contributed by atoms with Crippen molar-refractivity contribution in [1.29, 1.82) is 0 Å². The number of anilines is 2. The van der Waals surface area contributed by atoms with E-state index in [1.807, 2.05) is 42.5 Å². The Morgan fingerprint density at radius 2 is 1.72 bits per heavy atom. The van der Waals surface area contributed by atoms with Gasteiger partial charge in [0.05, 0.1) is 17.4 Å². The van der Waals surface area contributed by atoms with Crippen LogP contribution < -0.4 is 10.2 Å². The van der Waals surface area contributed by atoms with E-state index < -0.39 is 6.17 Å². The minimum Gasteiger partial charge on any atom is -0.313 e. The zero-order chi connectivity index (χ0) is 22.1. The molecule has 0 unspecified atom stereocenters. The molecule has 2 aromatic carbocycles. The summed E-state index contributed by atoms with van der Waals surface area (Å²) in [5.74, 6) is 0.366. The van der Waals surface area contributed by atoms with E-state index in [0.717, 1.165) is 18.4 Å². The van der Waals surface area contributed by atoms with Crippen LogP contribution in [0.5, 0.6) is 0 Å². The molecule has 0 saturated heterocycles. The lowest BCUT2D eigenvalue weighted by Crippen LogP contribution is -2.48. The van der Waals surface area contributed by atoms with E-state index in [1.54, 1.807) is 28.1 Å². The monoisotopic (exact) mass is 429 g/mol. The fourth-order valence-corrected chi connectivity index (χ4v) is 4.48. The highest BCUT2D eigenvalue weighted by molar-refractivity contribution is 6.16. The quantitative estimate of drug-likeness (QED) is 0.559. The van der Waals surface area contributed by atoms with Gasteiger partial charge in [0.2, 0.25) is 5.91 Å². The van der Waals surface area contributed by atoms with Gasteiger partial charge in [-0.2, -0.15) is 5.10 Å². The Morgan fingerprint density at radius 1 is 0.938 bits per heavy atom. The fourth-order valence-electron chi connectivity index (χ4n) is 4.48. The van der Waals surface area contributed by atoms with Crippen LogP contribution in [0.25, 0.3) is 0 Å². The lowest BCUT2D eigenvalue weighted by Gasteiger charge is -2.41. The van der Waals surface area contributed by atoms with Gasteiger partial charge in [0.25, 0.3) is 11.8 Å². The molecule has 0 saturated carbocycles. The van der Waals surface area contributed by atoms with Crippen molar-refractivity contribution in [2.45, 2.75) is 31.8 Å². The third-order valence-electron chi connectivity index (χ3n) is 5.96. The molecule has 5 rings (SSSR count). The second kappa shape index (κ2) is 8.30. The van der Waals surface area contributed by atoms with E-state index in [9.17, 15) is 14.4 Å². The van der Waals surface area contributed by atoms with Crippen LogP contribution in [0.15, 0.2) is 60.8 Å². The highest BCUT2D eigenvalue weighted by atomic mass is 16.2. The highest BCUT2D eigenvalue weighted by Gasteiger charge is 2.47. The van der Waals surface area contributed by atoms with Crippen molar-refractivity contribution < 1.29 is 14.4 Å². The number of aromatic amines is 1. The van der Waals surface area contributed by atoms with Crippen LogP contribution >= 0.6 is 0 Å². The Kier molecular flexibility index (Phi) is 5.18. The van der Waals surface area contributed by atoms with Crippen molar-refractivity contribution in [3.05, 3.63) is 77.5 Å². The molecule has 8 heteroatoms. The molecule has 8 nitrogen and oxygen atoms in total. The number of nitrogens with one attached hydrogen (secondary N) is 2. The van der Waals surface area contributed by atoms with Gasteiger partial charge in [0, 0.05) is 30.2 Å². The van der Waals surface area contributed by atoms with Crippen molar-refractivity contribution >= 4 is 29.2 Å². The van der Waals surface area contributed by atoms with E-state index in [4.69, 9.17) is 0 Å². The molecule has 3 heterocycles. The van der Waals surface area contributed by atoms with Gasteiger partial charge >= 0.3 is 0 Å². The number of benzene rings is 2. The average Bonchev–Trinajstić information content (AvgIpc) is 3.42. The topological polar surface area (TPSA) is 98.4 Å². The van der Waals surface area contributed by atoms with Gasteiger partial charge in [0.1, 0.15) is 12.0 Å². The smallest absolute Gasteiger partial charge is 0.260 e. The summed E-state index contributed by atoms with van der Waals surface area (Å²) in [5, 5.41) is 9.26. The summed E-state index contributed by atoms with van der Waals surface area (Å²) in [6.45, 7) is 0.512. The van der Waals surface area contributed by atoms with Crippen LogP contribution in [0.4, 0.5) is 11.5 Å². The first-order valence-electron chi connectivity index (χ1n) is 10.8. The van der Waals surface area contributed by atoms with Crippen LogP contribution in [-0.2, 0) is 4.79 Å². The van der Waals surface area contributed by atoms with Gasteiger partial charge in [-0.3, -0.25) is 24.4 Å². The third-order valence-corrected chi connectivity index (χ3v) is 5.96. The lowest BCUT2D eigenvalue weighted by atomic mass is 10.0. The van der Waals surface area contributed by atoms with Crippen LogP contribution in [0, 0.1) is 0 Å². The standard InChI is InChI=1S/C24H23N5O3/c30-21(26-20-13-14-25-27-20)12-2-1-7-15-28-22-16-8-3-4-9-17(16)24(32)29(22)19-11-6-5-10-18(19)23(28)31/h3-6,8-11,13-14,22H,1-2,7,12,15H2,(H2,25,26,27,30)/t22-/m0/s1. The number of carbonyl (C=O) groups is 3. The number of nitrogens with zero attached hydrogens (tertiary/aromatic N) is 3. The van der Waals surface area contributed by atoms with E-state index in [0.29, 0.717) is 42.0 Å². The van der Waals surface area contributed by atoms with Crippen molar-refractivity contribution in [2.24, 2.45) is 0 Å². The van der Waals surface area contributed by atoms with Gasteiger partial charge < -0.3 is 10.2 Å². The maximum Gasteiger partial charge on any atom is 0.260 e. The number of hydrogen-bond acceptors (Lipinski definition) is 4. The third kappa shape index (κ3) is 3.43. The zero-order valence-corrected chi connectivity index (χ0v) is 17.5. The zero-order valence-electron chi connectivity index (χ0n) is 17.5. The summed E-state index contributed by atoms with van der Waals surface area (Å²) < 4.78 is 0. The van der Waals surface area contributed by atoms with E-state index in [2.05, 4.69) is 15.5 Å². The predicted molar refractivity (Wildman–Crippen MR) is 119 cm³/mol. The number of fused-ring (bicyclic) bond motifs is 5. The SMILES string of the molecule is O=C(CCCCCN1C(=O)c2ccccc2N2C(=O)c3ccccc3[C@@H]12)Nc1ccn[nH]1. The molecule has 0 bridgehead atoms. The van der Waals surface area contributed by atoms with Crippen molar-refractivity contribution in [2.75, 3.05) is 16.8 Å². The molecule has 1 atom stereocenters. The van der Waals surface area contributed by atoms with Gasteiger partial charge in [0.15, 0.2) is 0 Å². The van der Waals surface area contributed by atoms with Crippen LogP contribution in [0.3, 0.4) is 0 Å². The molecule has 0 fully saturated rings. The molecule has 1 aromatic heterocycles. The Hall–Kier alpha value is -3.94. The Labute approximate surface area is 185 Å². The maximum atomic E-state index is 13.3. The Balaban J connectivity index is 1.28. The van der Waals surface area contributed by atoms with Crippen LogP contribution in [0.2, 0.25) is 0 Å². The lowest BCUT2D eigenvalue weighted by molar-refractivity contribution is -0.116. The second-order valence-electron chi connectivity index (χ2n) is 7.98. The summed E-state index contributed by atoms with van der Waals surface area (Å²) in [6, 6.07) is 16.5. The number of amides is 3. The Bertz CT molecular complexity index is 1170. The molecule has 3 aromatic rings. The molecular formula is C24H23N5O3. The van der Waals surface area contributed by atoms with E-state index in [-0.39, 0.29) is 17.7 Å². The van der Waals surface area contributed by atoms with E-state index in [1.165, 1.54) is 0 Å². The van der Waals surface area contributed by atoms with Crippen molar-refractivity contribution in [3.8, 4) is 0 Å². The van der Waals surface area contributed by atoms with Crippen LogP contribution in [0.1, 0.15) is 58.1 Å². The normalized spacial score (nSPS) is 16.6. The van der Waals surface area contributed by atoms with E-state index >= 15 is 0 Å². The molecule has 2 aliphatic heterocycles. The average molecular weight is 429 g/mol. The highest BCUT2D eigenvalue weighted by Crippen LogP contribution is 2.45. The fraction of sp³-hybridized carbons (Fsp3) is 0.250. The first kappa shape index (κ1) is 20.0. The molecule has 0 radical (unpaired) electrons. The molecule has 0 aliphatic carbocycles. The number of unbranched alkanes of at least 4 members (excludes halogenated alkanes) is 2. The minimum absolute atomic E-state index is 0.0664. The van der Waals surface area contributed by atoms with Crippen molar-refractivity contribution in [1.82, 2.24) is 15.1 Å². The largest absolute Gasteiger partial charge is 0.313 e. The molecule has 3 amide bonds. The first-order valence-corrected chi connectivity index (χ1v) is 10.8. The summed E-state index contributed by atoms with van der Waals surface area (Å²) >= 11 is 0. The number of hydrogen-bond donors (Lipinski definition) is 2. The van der Waals surface area contributed by atoms with Gasteiger partial charge in [-0.25, -0.2) is 0 Å². The molecule has 2 N–H and O–H groups in total. The number of para-hydroxylation sites is 1. The van der Waals surface area contributed by atoms with Crippen LogP contribution in [-0.4, -0.2) is 39.4 Å². The number of H-pyrrole nitrogens is 1. The molecule has 2 aliphatic rings. The summed E-state index contributed by atoms with van der Waals surface area (Å²) in [6.07, 6.45) is 3.80. The first-order chi connectivity index (χ1) is 15.6. The van der Waals surface area contributed by atoms with Gasteiger partial charge in [-0.15, -0.1) is 0 Å². The molecular weight excluding hydrogens is 406 g/mol. The number of carbonyl (C=O) groups excluding carboxylic acids is 3. The maximum absolute atomic E-state index is 13.3. The number of rotatable bonds is 7. The van der Waals surface area contributed by atoms with Crippen molar-refractivity contribution in [3.63, 3.8) is 0 Å². The minimum atomic E-state index is -0.426. The summed E-state index contributed by atoms with van der Waals surface area (Å²) in [4.78, 5) is 42.0. The molecule has 32 heavy (non-hydrogen) atoms. The molecule has 0 spiro atoms. The molecule has 162 valence electrons. The number of aromatic nitrogens is 2. The summed E-state index contributed by atoms with van der Waals surface area (Å²) in [5.41, 5.74) is 2.71.